The molecule has 0 heterocycles. The first kappa shape index (κ1) is 16.7. The largest absolute Gasteiger partial charge is 0.387 e. The van der Waals surface area contributed by atoms with Crippen molar-refractivity contribution in [1.82, 2.24) is 4.90 Å². The number of aliphatic hydroxyl groups excluding tert-OH is 1. The van der Waals surface area contributed by atoms with Gasteiger partial charge in [-0.3, -0.25) is 9.69 Å². The zero-order valence-electron chi connectivity index (χ0n) is 12.9. The molecule has 0 radical (unpaired) electrons. The number of nitrogens with one attached hydrogen (secondary N) is 1. The smallest absolute Gasteiger partial charge is 0.238 e. The number of nitriles is 1. The van der Waals surface area contributed by atoms with Crippen molar-refractivity contribution >= 4 is 11.6 Å². The number of hydrogen-bond donors (Lipinski definition) is 2. The third kappa shape index (κ3) is 5.22. The van der Waals surface area contributed by atoms with Gasteiger partial charge >= 0.3 is 0 Å². The summed E-state index contributed by atoms with van der Waals surface area (Å²) in [7, 11) is 1.78. The lowest BCUT2D eigenvalue weighted by Gasteiger charge is -2.20. The van der Waals surface area contributed by atoms with Gasteiger partial charge in [0.15, 0.2) is 0 Å². The van der Waals surface area contributed by atoms with Crippen molar-refractivity contribution < 1.29 is 9.90 Å². The van der Waals surface area contributed by atoms with Crippen molar-refractivity contribution in [3.8, 4) is 6.07 Å². The number of amides is 1. The average Bonchev–Trinajstić information content (AvgIpc) is 2.55. The maximum absolute atomic E-state index is 12.0. The molecule has 2 N–H and O–H groups in total. The van der Waals surface area contributed by atoms with E-state index in [0.717, 1.165) is 11.3 Å². The second-order valence-electron chi connectivity index (χ2n) is 5.36. The lowest BCUT2D eigenvalue weighted by molar-refractivity contribution is -0.117. The van der Waals surface area contributed by atoms with E-state index in [1.807, 2.05) is 36.4 Å². The van der Waals surface area contributed by atoms with Crippen LogP contribution in [0, 0.1) is 11.3 Å². The molecule has 0 saturated carbocycles. The summed E-state index contributed by atoms with van der Waals surface area (Å²) in [6, 6.07) is 18.1. The van der Waals surface area contributed by atoms with Gasteiger partial charge in [-0.25, -0.2) is 0 Å². The summed E-state index contributed by atoms with van der Waals surface area (Å²) in [6.07, 6.45) is -0.711. The molecule has 23 heavy (non-hydrogen) atoms. The zero-order chi connectivity index (χ0) is 16.7. The van der Waals surface area contributed by atoms with E-state index in [9.17, 15) is 9.90 Å². The van der Waals surface area contributed by atoms with Crippen molar-refractivity contribution in [3.63, 3.8) is 0 Å². The summed E-state index contributed by atoms with van der Waals surface area (Å²) >= 11 is 0. The maximum Gasteiger partial charge on any atom is 0.238 e. The number of nitrogens with zero attached hydrogens (tertiary/aromatic N) is 2. The molecule has 5 nitrogen and oxygen atoms in total. The minimum absolute atomic E-state index is 0.134. The summed E-state index contributed by atoms with van der Waals surface area (Å²) in [5.41, 5.74) is 2.02. The molecule has 0 fully saturated rings. The van der Waals surface area contributed by atoms with Crippen LogP contribution in [0.2, 0.25) is 0 Å². The van der Waals surface area contributed by atoms with E-state index in [0.29, 0.717) is 12.1 Å². The van der Waals surface area contributed by atoms with Gasteiger partial charge in [-0.15, -0.1) is 0 Å². The number of anilines is 1. The van der Waals surface area contributed by atoms with E-state index >= 15 is 0 Å². The molecule has 0 spiro atoms. The Kier molecular flexibility index (Phi) is 5.87. The molecule has 5 heteroatoms. The van der Waals surface area contributed by atoms with Crippen LogP contribution in [0.15, 0.2) is 54.6 Å². The van der Waals surface area contributed by atoms with Crippen molar-refractivity contribution in [2.45, 2.75) is 6.10 Å². The molecular formula is C18H19N3O2. The minimum Gasteiger partial charge on any atom is -0.387 e. The molecule has 118 valence electrons. The number of aliphatic hydroxyl groups is 1. The Labute approximate surface area is 135 Å². The Morgan fingerprint density at radius 3 is 2.48 bits per heavy atom. The molecule has 2 rings (SSSR count). The van der Waals surface area contributed by atoms with E-state index in [2.05, 4.69) is 5.32 Å². The summed E-state index contributed by atoms with van der Waals surface area (Å²) in [5, 5.41) is 21.8. The highest BCUT2D eigenvalue weighted by Gasteiger charge is 2.13. The molecule has 1 unspecified atom stereocenters. The highest BCUT2D eigenvalue weighted by atomic mass is 16.3. The van der Waals surface area contributed by atoms with Crippen LogP contribution < -0.4 is 5.32 Å². The summed E-state index contributed by atoms with van der Waals surface area (Å²) in [5.74, 6) is -0.134. The lowest BCUT2D eigenvalue weighted by Crippen LogP contribution is -2.33. The predicted molar refractivity (Wildman–Crippen MR) is 88.7 cm³/mol. The second-order valence-corrected chi connectivity index (χ2v) is 5.36. The van der Waals surface area contributed by atoms with Crippen LogP contribution in [-0.2, 0) is 4.79 Å². The zero-order valence-corrected chi connectivity index (χ0v) is 12.9. The third-order valence-electron chi connectivity index (χ3n) is 3.38. The van der Waals surface area contributed by atoms with Crippen molar-refractivity contribution in [2.75, 3.05) is 25.5 Å². The highest BCUT2D eigenvalue weighted by molar-refractivity contribution is 5.92. The molecule has 0 aromatic heterocycles. The van der Waals surface area contributed by atoms with Gasteiger partial charge in [-0.1, -0.05) is 30.3 Å². The summed E-state index contributed by atoms with van der Waals surface area (Å²) < 4.78 is 0. The fourth-order valence-corrected chi connectivity index (χ4v) is 2.21. The van der Waals surface area contributed by atoms with Gasteiger partial charge < -0.3 is 10.4 Å². The van der Waals surface area contributed by atoms with E-state index in [-0.39, 0.29) is 12.5 Å². The second kappa shape index (κ2) is 8.08. The van der Waals surface area contributed by atoms with Crippen LogP contribution in [0.4, 0.5) is 5.69 Å². The van der Waals surface area contributed by atoms with Gasteiger partial charge in [-0.2, -0.15) is 5.26 Å². The Balaban J connectivity index is 1.84. The number of hydrogen-bond acceptors (Lipinski definition) is 4. The van der Waals surface area contributed by atoms with E-state index < -0.39 is 6.10 Å². The van der Waals surface area contributed by atoms with Gasteiger partial charge in [-0.05, 0) is 36.9 Å². The average molecular weight is 309 g/mol. The molecule has 2 aromatic carbocycles. The third-order valence-corrected chi connectivity index (χ3v) is 3.38. The summed E-state index contributed by atoms with van der Waals surface area (Å²) in [6.45, 7) is 0.510. The molecule has 0 saturated heterocycles. The number of carbonyl (C=O) groups excluding carboxylic acids is 1. The monoisotopic (exact) mass is 309 g/mol. The van der Waals surface area contributed by atoms with Gasteiger partial charge in [0, 0.05) is 12.2 Å². The van der Waals surface area contributed by atoms with Gasteiger partial charge in [0.2, 0.25) is 5.91 Å². The number of carbonyl (C=O) groups is 1. The quantitative estimate of drug-likeness (QED) is 0.857. The topological polar surface area (TPSA) is 76.4 Å². The molecule has 0 bridgehead atoms. The Bertz CT molecular complexity index is 678. The van der Waals surface area contributed by atoms with Crippen molar-refractivity contribution in [2.24, 2.45) is 0 Å². The Morgan fingerprint density at radius 1 is 1.22 bits per heavy atom. The molecule has 2 aromatic rings. The lowest BCUT2D eigenvalue weighted by atomic mass is 10.1. The maximum atomic E-state index is 12.0. The van der Waals surface area contributed by atoms with E-state index in [1.54, 1.807) is 36.2 Å². The highest BCUT2D eigenvalue weighted by Crippen LogP contribution is 2.14. The van der Waals surface area contributed by atoms with Crippen LogP contribution in [0.3, 0.4) is 0 Å². The van der Waals surface area contributed by atoms with Crippen LogP contribution in [-0.4, -0.2) is 36.1 Å². The molecular weight excluding hydrogens is 290 g/mol. The van der Waals surface area contributed by atoms with Crippen LogP contribution in [0.1, 0.15) is 17.2 Å². The number of para-hydroxylation sites is 1. The van der Waals surface area contributed by atoms with Crippen molar-refractivity contribution in [3.05, 3.63) is 65.7 Å². The molecule has 1 atom stereocenters. The van der Waals surface area contributed by atoms with Gasteiger partial charge in [0.25, 0.3) is 0 Å². The van der Waals surface area contributed by atoms with Gasteiger partial charge in [0.1, 0.15) is 0 Å². The Hall–Kier alpha value is -2.68. The fourth-order valence-electron chi connectivity index (χ4n) is 2.21. The predicted octanol–water partition coefficient (Wildman–Crippen LogP) is 2.16. The normalized spacial score (nSPS) is 11.7. The van der Waals surface area contributed by atoms with E-state index in [1.165, 1.54) is 0 Å². The first-order chi connectivity index (χ1) is 11.1. The SMILES string of the molecule is CN(CC(=O)Nc1ccccc1)CC(O)c1ccc(C#N)cc1. The molecule has 0 aliphatic carbocycles. The fraction of sp³-hybridized carbons (Fsp3) is 0.222. The molecule has 0 aliphatic rings. The molecule has 0 aliphatic heterocycles. The van der Waals surface area contributed by atoms with Crippen molar-refractivity contribution in [1.29, 1.82) is 5.26 Å². The number of benzene rings is 2. The van der Waals surface area contributed by atoms with Crippen LogP contribution in [0.25, 0.3) is 0 Å². The van der Waals surface area contributed by atoms with Gasteiger partial charge in [0.05, 0.1) is 24.3 Å². The minimum atomic E-state index is -0.711. The first-order valence-corrected chi connectivity index (χ1v) is 7.30. The first-order valence-electron chi connectivity index (χ1n) is 7.30. The molecule has 1 amide bonds. The number of likely N-dealkylation sites (N-methyl/N-ethyl adjacent to an activating group) is 1. The number of rotatable bonds is 6. The van der Waals surface area contributed by atoms with E-state index in [4.69, 9.17) is 5.26 Å². The standard InChI is InChI=1S/C18H19N3O2/c1-21(13-18(23)20-16-5-3-2-4-6-16)12-17(22)15-9-7-14(11-19)8-10-15/h2-10,17,22H,12-13H2,1H3,(H,20,23). The van der Waals surface area contributed by atoms with Crippen LogP contribution in [0.5, 0.6) is 0 Å². The summed E-state index contributed by atoms with van der Waals surface area (Å²) in [4.78, 5) is 13.7. The van der Waals surface area contributed by atoms with Crippen LogP contribution >= 0.6 is 0 Å². The Morgan fingerprint density at radius 2 is 1.87 bits per heavy atom.